The van der Waals surface area contributed by atoms with Crippen LogP contribution in [0.15, 0.2) is 82.2 Å². The zero-order valence-corrected chi connectivity index (χ0v) is 18.3. The normalized spacial score (nSPS) is 15.2. The SMILES string of the molecule is C=C(C1=CCN(S(=O)(=O)c2ccc(C)cc2)C1)N(C)S(=O)(=O)c1ccc(C)cc1. The number of likely N-dealkylation sites (N-methyl/N-ethyl adjacent to an activating group) is 1. The van der Waals surface area contributed by atoms with Gasteiger partial charge in [-0.15, -0.1) is 0 Å². The van der Waals surface area contributed by atoms with Gasteiger partial charge in [-0.05, 0) is 43.7 Å². The zero-order chi connectivity index (χ0) is 21.4. The summed E-state index contributed by atoms with van der Waals surface area (Å²) in [5.74, 6) is 0. The van der Waals surface area contributed by atoms with E-state index in [-0.39, 0.29) is 28.6 Å². The minimum atomic E-state index is -3.78. The summed E-state index contributed by atoms with van der Waals surface area (Å²) in [5.41, 5.74) is 2.76. The highest BCUT2D eigenvalue weighted by Crippen LogP contribution is 2.28. The summed E-state index contributed by atoms with van der Waals surface area (Å²) < 4.78 is 53.9. The minimum absolute atomic E-state index is 0.0722. The molecule has 2 aromatic rings. The number of nitrogens with zero attached hydrogens (tertiary/aromatic N) is 2. The van der Waals surface area contributed by atoms with Crippen molar-refractivity contribution in [2.45, 2.75) is 23.6 Å². The van der Waals surface area contributed by atoms with Crippen molar-refractivity contribution in [1.82, 2.24) is 8.61 Å². The van der Waals surface area contributed by atoms with Gasteiger partial charge >= 0.3 is 0 Å². The van der Waals surface area contributed by atoms with Crippen LogP contribution < -0.4 is 0 Å². The summed E-state index contributed by atoms with van der Waals surface area (Å²) in [6.45, 7) is 7.92. The average molecular weight is 433 g/mol. The summed E-state index contributed by atoms with van der Waals surface area (Å²) in [7, 11) is -6.02. The Labute approximate surface area is 172 Å². The number of hydrogen-bond donors (Lipinski definition) is 0. The van der Waals surface area contributed by atoms with Crippen molar-refractivity contribution in [3.63, 3.8) is 0 Å². The first-order chi connectivity index (χ1) is 13.5. The fourth-order valence-electron chi connectivity index (χ4n) is 3.00. The van der Waals surface area contributed by atoms with Crippen molar-refractivity contribution < 1.29 is 16.8 Å². The molecule has 0 bridgehead atoms. The maximum absolute atomic E-state index is 12.9. The topological polar surface area (TPSA) is 74.8 Å². The Morgan fingerprint density at radius 2 is 1.38 bits per heavy atom. The van der Waals surface area contributed by atoms with Crippen LogP contribution in [0.25, 0.3) is 0 Å². The molecule has 2 aromatic carbocycles. The van der Waals surface area contributed by atoms with Crippen molar-refractivity contribution in [2.75, 3.05) is 20.1 Å². The van der Waals surface area contributed by atoms with Crippen LogP contribution in [0.4, 0.5) is 0 Å². The molecule has 0 atom stereocenters. The molecule has 0 fully saturated rings. The van der Waals surface area contributed by atoms with E-state index in [1.54, 1.807) is 54.6 Å². The van der Waals surface area contributed by atoms with E-state index in [0.717, 1.165) is 15.4 Å². The molecule has 0 aliphatic carbocycles. The first-order valence-electron chi connectivity index (χ1n) is 9.04. The van der Waals surface area contributed by atoms with E-state index in [0.29, 0.717) is 5.57 Å². The van der Waals surface area contributed by atoms with Gasteiger partial charge in [-0.3, -0.25) is 4.31 Å². The van der Waals surface area contributed by atoms with Gasteiger partial charge in [-0.2, -0.15) is 4.31 Å². The van der Waals surface area contributed by atoms with Gasteiger partial charge in [0.05, 0.1) is 9.79 Å². The summed E-state index contributed by atoms with van der Waals surface area (Å²) in [5, 5.41) is 0. The Hall–Kier alpha value is -2.42. The highest BCUT2D eigenvalue weighted by molar-refractivity contribution is 7.89. The summed E-state index contributed by atoms with van der Waals surface area (Å²) in [6, 6.07) is 13.2. The van der Waals surface area contributed by atoms with Crippen LogP contribution in [0, 0.1) is 13.8 Å². The third-order valence-corrected chi connectivity index (χ3v) is 8.61. The van der Waals surface area contributed by atoms with Crippen LogP contribution in [-0.4, -0.2) is 45.6 Å². The van der Waals surface area contributed by atoms with Gasteiger partial charge in [0.25, 0.3) is 10.0 Å². The van der Waals surface area contributed by atoms with Crippen molar-refractivity contribution in [3.05, 3.63) is 83.6 Å². The molecular formula is C21H24N2O4S2. The van der Waals surface area contributed by atoms with E-state index < -0.39 is 20.0 Å². The van der Waals surface area contributed by atoms with E-state index in [1.807, 2.05) is 13.8 Å². The van der Waals surface area contributed by atoms with Gasteiger partial charge < -0.3 is 0 Å². The van der Waals surface area contributed by atoms with Crippen LogP contribution in [0.1, 0.15) is 11.1 Å². The Morgan fingerprint density at radius 3 is 1.90 bits per heavy atom. The van der Waals surface area contributed by atoms with Gasteiger partial charge in [0.1, 0.15) is 0 Å². The Kier molecular flexibility index (Phi) is 5.71. The molecule has 29 heavy (non-hydrogen) atoms. The van der Waals surface area contributed by atoms with E-state index in [4.69, 9.17) is 0 Å². The Morgan fingerprint density at radius 1 is 0.897 bits per heavy atom. The largest absolute Gasteiger partial charge is 0.270 e. The molecule has 0 radical (unpaired) electrons. The Balaban J connectivity index is 1.77. The van der Waals surface area contributed by atoms with Crippen molar-refractivity contribution >= 4 is 20.0 Å². The highest BCUT2D eigenvalue weighted by atomic mass is 32.2. The van der Waals surface area contributed by atoms with Crippen LogP contribution in [-0.2, 0) is 20.0 Å². The maximum Gasteiger partial charge on any atom is 0.264 e. The lowest BCUT2D eigenvalue weighted by atomic mass is 10.2. The van der Waals surface area contributed by atoms with E-state index in [1.165, 1.54) is 11.4 Å². The lowest BCUT2D eigenvalue weighted by Gasteiger charge is -2.23. The van der Waals surface area contributed by atoms with Crippen molar-refractivity contribution in [3.8, 4) is 0 Å². The minimum Gasteiger partial charge on any atom is -0.270 e. The van der Waals surface area contributed by atoms with E-state index >= 15 is 0 Å². The lowest BCUT2D eigenvalue weighted by molar-refractivity contribution is 0.480. The van der Waals surface area contributed by atoms with Gasteiger partial charge in [0.2, 0.25) is 10.0 Å². The zero-order valence-electron chi connectivity index (χ0n) is 16.7. The standard InChI is InChI=1S/C21H24N2O4S2/c1-16-5-9-20(10-6-16)28(24,25)22(4)18(3)19-13-14-23(15-19)29(26,27)21-11-7-17(2)8-12-21/h5-13H,3,14-15H2,1-2,4H3. The molecule has 0 saturated heterocycles. The highest BCUT2D eigenvalue weighted by Gasteiger charge is 2.31. The third kappa shape index (κ3) is 4.14. The summed E-state index contributed by atoms with van der Waals surface area (Å²) in [4.78, 5) is 0.374. The molecule has 0 saturated carbocycles. The fraction of sp³-hybridized carbons (Fsp3) is 0.238. The predicted octanol–water partition coefficient (Wildman–Crippen LogP) is 3.07. The van der Waals surface area contributed by atoms with Crippen molar-refractivity contribution in [1.29, 1.82) is 0 Å². The molecule has 3 rings (SSSR count). The smallest absolute Gasteiger partial charge is 0.264 e. The number of benzene rings is 2. The molecule has 0 spiro atoms. The Bertz CT molecular complexity index is 1160. The molecule has 6 nitrogen and oxygen atoms in total. The van der Waals surface area contributed by atoms with Crippen LogP contribution >= 0.6 is 0 Å². The third-order valence-electron chi connectivity index (χ3n) is 4.98. The molecule has 8 heteroatoms. The second-order valence-corrected chi connectivity index (χ2v) is 11.0. The maximum atomic E-state index is 12.9. The molecule has 1 aliphatic rings. The van der Waals surface area contributed by atoms with Crippen LogP contribution in [0.5, 0.6) is 0 Å². The van der Waals surface area contributed by atoms with E-state index in [9.17, 15) is 16.8 Å². The van der Waals surface area contributed by atoms with Gasteiger partial charge in [0.15, 0.2) is 0 Å². The second-order valence-electron chi connectivity index (χ2n) is 7.07. The summed E-state index contributed by atoms with van der Waals surface area (Å²) in [6.07, 6.45) is 1.70. The predicted molar refractivity (Wildman–Crippen MR) is 113 cm³/mol. The molecule has 0 N–H and O–H groups in total. The number of aryl methyl sites for hydroxylation is 2. The molecule has 0 unspecified atom stereocenters. The number of sulfonamides is 2. The summed E-state index contributed by atoms with van der Waals surface area (Å²) >= 11 is 0. The molecule has 1 aliphatic heterocycles. The quantitative estimate of drug-likeness (QED) is 0.703. The molecular weight excluding hydrogens is 408 g/mol. The molecule has 154 valence electrons. The second kappa shape index (κ2) is 7.78. The number of rotatable bonds is 6. The molecule has 0 amide bonds. The van der Waals surface area contributed by atoms with Crippen LogP contribution in [0.2, 0.25) is 0 Å². The fourth-order valence-corrected chi connectivity index (χ4v) is 5.56. The lowest BCUT2D eigenvalue weighted by Crippen LogP contribution is -2.31. The molecule has 1 heterocycles. The first-order valence-corrected chi connectivity index (χ1v) is 11.9. The van der Waals surface area contributed by atoms with Crippen molar-refractivity contribution in [2.24, 2.45) is 0 Å². The number of hydrogen-bond acceptors (Lipinski definition) is 4. The van der Waals surface area contributed by atoms with Gasteiger partial charge in [0, 0.05) is 25.8 Å². The van der Waals surface area contributed by atoms with Crippen LogP contribution in [0.3, 0.4) is 0 Å². The first kappa shape index (κ1) is 21.3. The molecule has 0 aromatic heterocycles. The van der Waals surface area contributed by atoms with Gasteiger partial charge in [-0.1, -0.05) is 48.0 Å². The van der Waals surface area contributed by atoms with E-state index in [2.05, 4.69) is 6.58 Å². The average Bonchev–Trinajstić information content (AvgIpc) is 3.18. The van der Waals surface area contributed by atoms with Gasteiger partial charge in [-0.25, -0.2) is 16.8 Å². The monoisotopic (exact) mass is 432 g/mol.